The van der Waals surface area contributed by atoms with Crippen molar-refractivity contribution in [2.24, 2.45) is 5.92 Å². The van der Waals surface area contributed by atoms with Crippen LogP contribution in [0.15, 0.2) is 24.5 Å². The quantitative estimate of drug-likeness (QED) is 0.788. The molecule has 1 aromatic rings. The first-order chi connectivity index (χ1) is 7.59. The molecule has 0 spiro atoms. The van der Waals surface area contributed by atoms with Gasteiger partial charge in [-0.2, -0.15) is 0 Å². The monoisotopic (exact) mass is 237 g/mol. The van der Waals surface area contributed by atoms with Gasteiger partial charge in [-0.15, -0.1) is 0 Å². The fourth-order valence-corrected chi connectivity index (χ4v) is 1.52. The van der Waals surface area contributed by atoms with E-state index >= 15 is 0 Å². The third kappa shape index (κ3) is 4.57. The molecule has 1 atom stereocenters. The zero-order valence-corrected chi connectivity index (χ0v) is 10.8. The van der Waals surface area contributed by atoms with Crippen LogP contribution in [0.2, 0.25) is 0 Å². The van der Waals surface area contributed by atoms with Gasteiger partial charge in [-0.1, -0.05) is 19.9 Å². The van der Waals surface area contributed by atoms with Crippen LogP contribution in [-0.4, -0.2) is 16.6 Å². The molecule has 1 unspecified atom stereocenters. The lowest BCUT2D eigenvalue weighted by Crippen LogP contribution is -2.38. The first-order valence-electron chi connectivity index (χ1n) is 5.54. The molecule has 0 radical (unpaired) electrons. The molecule has 0 aromatic carbocycles. The maximum Gasteiger partial charge on any atom is 0.166 e. The van der Waals surface area contributed by atoms with Crippen LogP contribution in [0.5, 0.6) is 0 Å². The lowest BCUT2D eigenvalue weighted by atomic mass is 10.1. The average molecular weight is 237 g/mol. The summed E-state index contributed by atoms with van der Waals surface area (Å²) < 4.78 is 0. The van der Waals surface area contributed by atoms with E-state index in [2.05, 4.69) is 36.4 Å². The van der Waals surface area contributed by atoms with E-state index in [9.17, 15) is 0 Å². The van der Waals surface area contributed by atoms with Gasteiger partial charge in [-0.05, 0) is 36.7 Å². The molecule has 1 aromatic heterocycles. The zero-order chi connectivity index (χ0) is 12.0. The van der Waals surface area contributed by atoms with Crippen molar-refractivity contribution in [2.45, 2.75) is 26.8 Å². The first-order valence-corrected chi connectivity index (χ1v) is 5.94. The fraction of sp³-hybridized carbons (Fsp3) is 0.500. The van der Waals surface area contributed by atoms with Crippen molar-refractivity contribution in [2.75, 3.05) is 6.54 Å². The molecule has 4 heteroatoms. The summed E-state index contributed by atoms with van der Waals surface area (Å²) >= 11 is 5.21. The molecule has 0 amide bonds. The lowest BCUT2D eigenvalue weighted by Gasteiger charge is -2.17. The summed E-state index contributed by atoms with van der Waals surface area (Å²) in [5.74, 6) is 0.591. The van der Waals surface area contributed by atoms with Gasteiger partial charge in [0.25, 0.3) is 0 Å². The molecule has 2 N–H and O–H groups in total. The Morgan fingerprint density at radius 3 is 2.75 bits per heavy atom. The van der Waals surface area contributed by atoms with Gasteiger partial charge in [0, 0.05) is 18.9 Å². The van der Waals surface area contributed by atoms with Crippen molar-refractivity contribution < 1.29 is 0 Å². The van der Waals surface area contributed by atoms with E-state index in [0.717, 1.165) is 12.1 Å². The molecule has 1 rings (SSSR count). The predicted molar refractivity (Wildman–Crippen MR) is 71.2 cm³/mol. The molecule has 16 heavy (non-hydrogen) atoms. The molecule has 88 valence electrons. The standard InChI is InChI=1S/C12H19N3S/c1-9(2)7-14-12(16)15-10(3)11-5-4-6-13-8-11/h4-6,8-10H,7H2,1-3H3,(H2,14,15,16). The van der Waals surface area contributed by atoms with Crippen LogP contribution in [0.3, 0.4) is 0 Å². The first kappa shape index (κ1) is 12.9. The summed E-state index contributed by atoms with van der Waals surface area (Å²) in [6.45, 7) is 7.27. The highest BCUT2D eigenvalue weighted by Crippen LogP contribution is 2.09. The molecule has 0 saturated carbocycles. The van der Waals surface area contributed by atoms with Crippen LogP contribution >= 0.6 is 12.2 Å². The third-order valence-corrected chi connectivity index (χ3v) is 2.47. The molecule has 3 nitrogen and oxygen atoms in total. The minimum absolute atomic E-state index is 0.181. The highest BCUT2D eigenvalue weighted by atomic mass is 32.1. The van der Waals surface area contributed by atoms with E-state index in [1.54, 1.807) is 6.20 Å². The second-order valence-electron chi connectivity index (χ2n) is 4.26. The van der Waals surface area contributed by atoms with Gasteiger partial charge in [-0.25, -0.2) is 0 Å². The summed E-state index contributed by atoms with van der Waals surface area (Å²) in [6.07, 6.45) is 3.62. The lowest BCUT2D eigenvalue weighted by molar-refractivity contribution is 0.609. The summed E-state index contributed by atoms with van der Waals surface area (Å²) in [5, 5.41) is 7.11. The highest BCUT2D eigenvalue weighted by molar-refractivity contribution is 7.80. The summed E-state index contributed by atoms with van der Waals surface area (Å²) in [4.78, 5) is 4.08. The minimum Gasteiger partial charge on any atom is -0.362 e. The minimum atomic E-state index is 0.181. The number of pyridine rings is 1. The Kier molecular flexibility index (Phi) is 5.19. The fourth-order valence-electron chi connectivity index (χ4n) is 1.26. The maximum absolute atomic E-state index is 5.21. The number of nitrogens with zero attached hydrogens (tertiary/aromatic N) is 1. The summed E-state index contributed by atoms with van der Waals surface area (Å²) in [6, 6.07) is 4.15. The Balaban J connectivity index is 2.40. The average Bonchev–Trinajstić information content (AvgIpc) is 2.27. The van der Waals surface area contributed by atoms with Gasteiger partial charge in [0.1, 0.15) is 0 Å². The van der Waals surface area contributed by atoms with Crippen molar-refractivity contribution in [1.82, 2.24) is 15.6 Å². The number of thiocarbonyl (C=S) groups is 1. The Bertz CT molecular complexity index is 324. The largest absolute Gasteiger partial charge is 0.362 e. The van der Waals surface area contributed by atoms with Crippen LogP contribution in [0.1, 0.15) is 32.4 Å². The Morgan fingerprint density at radius 2 is 2.19 bits per heavy atom. The second-order valence-corrected chi connectivity index (χ2v) is 4.66. The number of hydrogen-bond donors (Lipinski definition) is 2. The second kappa shape index (κ2) is 6.43. The van der Waals surface area contributed by atoms with Crippen molar-refractivity contribution in [1.29, 1.82) is 0 Å². The van der Waals surface area contributed by atoms with Crippen LogP contribution in [0.4, 0.5) is 0 Å². The van der Waals surface area contributed by atoms with Gasteiger partial charge >= 0.3 is 0 Å². The molecular weight excluding hydrogens is 218 g/mol. The molecular formula is C12H19N3S. The molecule has 0 saturated heterocycles. The molecule has 0 aliphatic rings. The van der Waals surface area contributed by atoms with Gasteiger partial charge in [0.2, 0.25) is 0 Å². The maximum atomic E-state index is 5.21. The van der Waals surface area contributed by atoms with Crippen LogP contribution < -0.4 is 10.6 Å². The Morgan fingerprint density at radius 1 is 1.44 bits per heavy atom. The van der Waals surface area contributed by atoms with Gasteiger partial charge in [0.05, 0.1) is 6.04 Å². The number of hydrogen-bond acceptors (Lipinski definition) is 2. The molecule has 1 heterocycles. The third-order valence-electron chi connectivity index (χ3n) is 2.20. The van der Waals surface area contributed by atoms with Crippen molar-refractivity contribution in [3.05, 3.63) is 30.1 Å². The SMILES string of the molecule is CC(C)CNC(=S)NC(C)c1cccnc1. The van der Waals surface area contributed by atoms with Gasteiger partial charge < -0.3 is 10.6 Å². The van der Waals surface area contributed by atoms with Crippen molar-refractivity contribution >= 4 is 17.3 Å². The topological polar surface area (TPSA) is 37.0 Å². The smallest absolute Gasteiger partial charge is 0.166 e. The Labute approximate surface area is 103 Å². The van der Waals surface area contributed by atoms with Crippen molar-refractivity contribution in [3.63, 3.8) is 0 Å². The molecule has 0 aliphatic carbocycles. The van der Waals surface area contributed by atoms with Gasteiger partial charge in [0.15, 0.2) is 5.11 Å². The molecule has 0 fully saturated rings. The van der Waals surface area contributed by atoms with E-state index < -0.39 is 0 Å². The van der Waals surface area contributed by atoms with Crippen molar-refractivity contribution in [3.8, 4) is 0 Å². The summed E-state index contributed by atoms with van der Waals surface area (Å²) in [5.41, 5.74) is 1.14. The van der Waals surface area contributed by atoms with E-state index in [4.69, 9.17) is 12.2 Å². The number of aromatic nitrogens is 1. The highest BCUT2D eigenvalue weighted by Gasteiger charge is 2.06. The number of rotatable bonds is 4. The van der Waals surface area contributed by atoms with Crippen LogP contribution in [0, 0.1) is 5.92 Å². The van der Waals surface area contributed by atoms with E-state index in [1.807, 2.05) is 18.3 Å². The Hall–Kier alpha value is -1.16. The zero-order valence-electron chi connectivity index (χ0n) is 10.0. The normalized spacial score (nSPS) is 12.2. The van der Waals surface area contributed by atoms with E-state index in [1.165, 1.54) is 0 Å². The van der Waals surface area contributed by atoms with Gasteiger partial charge in [-0.3, -0.25) is 4.98 Å². The summed E-state index contributed by atoms with van der Waals surface area (Å²) in [7, 11) is 0. The van der Waals surface area contributed by atoms with Crippen LogP contribution in [-0.2, 0) is 0 Å². The molecule has 0 bridgehead atoms. The van der Waals surface area contributed by atoms with Crippen LogP contribution in [0.25, 0.3) is 0 Å². The molecule has 0 aliphatic heterocycles. The number of nitrogens with one attached hydrogen (secondary N) is 2. The predicted octanol–water partition coefficient (Wildman–Crippen LogP) is 2.26. The van der Waals surface area contributed by atoms with E-state index in [-0.39, 0.29) is 6.04 Å². The van der Waals surface area contributed by atoms with E-state index in [0.29, 0.717) is 11.0 Å².